The Morgan fingerprint density at radius 2 is 1.73 bits per heavy atom. The third kappa shape index (κ3) is 4.05. The lowest BCUT2D eigenvalue weighted by Crippen LogP contribution is -2.05. The van der Waals surface area contributed by atoms with Crippen LogP contribution in [0.1, 0.15) is 50.7 Å². The molecule has 0 amide bonds. The molecule has 1 aromatic carbocycles. The molecule has 1 heteroatoms. The molecule has 1 atom stereocenters. The van der Waals surface area contributed by atoms with Crippen molar-refractivity contribution in [1.29, 1.82) is 0 Å². The minimum Gasteiger partial charge on any atom is -0.393 e. The fourth-order valence-corrected chi connectivity index (χ4v) is 1.61. The van der Waals surface area contributed by atoms with Gasteiger partial charge < -0.3 is 5.11 Å². The van der Waals surface area contributed by atoms with E-state index in [9.17, 15) is 5.11 Å². The molecule has 1 aromatic rings. The third-order valence-electron chi connectivity index (χ3n) is 2.88. The molecule has 0 aromatic heterocycles. The smallest absolute Gasteiger partial charge is 0.0540 e. The number of aryl methyl sites for hydroxylation is 1. The lowest BCUT2D eigenvalue weighted by molar-refractivity contribution is 0.160. The van der Waals surface area contributed by atoms with E-state index >= 15 is 0 Å². The Bertz CT molecular complexity index is 274. The maximum Gasteiger partial charge on any atom is 0.0540 e. The first-order valence-electron chi connectivity index (χ1n) is 5.90. The lowest BCUT2D eigenvalue weighted by Gasteiger charge is -2.09. The van der Waals surface area contributed by atoms with Crippen LogP contribution in [0, 0.1) is 0 Å². The summed E-state index contributed by atoms with van der Waals surface area (Å²) in [5.41, 5.74) is 2.71. The van der Waals surface area contributed by atoms with Crippen molar-refractivity contribution < 1.29 is 5.11 Å². The van der Waals surface area contributed by atoms with Crippen LogP contribution in [-0.2, 0) is 6.42 Å². The summed E-state index contributed by atoms with van der Waals surface area (Å²) in [6.07, 6.45) is 2.56. The van der Waals surface area contributed by atoms with Crippen molar-refractivity contribution in [2.75, 3.05) is 0 Å². The predicted octanol–water partition coefficient (Wildman–Crippen LogP) is 3.51. The molecule has 1 N–H and O–H groups in total. The first-order valence-corrected chi connectivity index (χ1v) is 5.90. The van der Waals surface area contributed by atoms with Crippen molar-refractivity contribution in [3.05, 3.63) is 35.4 Å². The monoisotopic (exact) mass is 206 g/mol. The number of aliphatic hydroxyl groups is 1. The van der Waals surface area contributed by atoms with Crippen molar-refractivity contribution in [2.24, 2.45) is 0 Å². The minimum absolute atomic E-state index is 0.144. The second-order valence-electron chi connectivity index (χ2n) is 4.50. The summed E-state index contributed by atoms with van der Waals surface area (Å²) in [5, 5.41) is 9.46. The van der Waals surface area contributed by atoms with E-state index in [2.05, 4.69) is 38.1 Å². The van der Waals surface area contributed by atoms with Crippen molar-refractivity contribution in [1.82, 2.24) is 0 Å². The summed E-state index contributed by atoms with van der Waals surface area (Å²) in [6.45, 7) is 6.43. The fourth-order valence-electron chi connectivity index (χ4n) is 1.61. The number of hydrogen-bond acceptors (Lipinski definition) is 1. The van der Waals surface area contributed by atoms with E-state index in [0.29, 0.717) is 5.92 Å². The van der Waals surface area contributed by atoms with E-state index in [-0.39, 0.29) is 6.10 Å². The van der Waals surface area contributed by atoms with Gasteiger partial charge in [0.15, 0.2) is 0 Å². The third-order valence-corrected chi connectivity index (χ3v) is 2.88. The van der Waals surface area contributed by atoms with Gasteiger partial charge in [-0.1, -0.05) is 45.0 Å². The van der Waals surface area contributed by atoms with E-state index < -0.39 is 0 Å². The Kier molecular flexibility index (Phi) is 4.83. The van der Waals surface area contributed by atoms with Gasteiger partial charge in [-0.05, 0) is 36.3 Å². The molecular weight excluding hydrogens is 184 g/mol. The largest absolute Gasteiger partial charge is 0.393 e. The molecule has 0 aliphatic heterocycles. The summed E-state index contributed by atoms with van der Waals surface area (Å²) in [5.74, 6) is 0.597. The van der Waals surface area contributed by atoms with Crippen LogP contribution in [0.25, 0.3) is 0 Å². The second kappa shape index (κ2) is 5.92. The van der Waals surface area contributed by atoms with Crippen molar-refractivity contribution >= 4 is 0 Å². The van der Waals surface area contributed by atoms with Gasteiger partial charge in [-0.25, -0.2) is 0 Å². The molecule has 1 nitrogen and oxygen atoms in total. The van der Waals surface area contributed by atoms with E-state index in [1.165, 1.54) is 11.1 Å². The van der Waals surface area contributed by atoms with Crippen molar-refractivity contribution in [2.45, 2.75) is 52.1 Å². The Labute approximate surface area is 93.1 Å². The lowest BCUT2D eigenvalue weighted by atomic mass is 9.99. The van der Waals surface area contributed by atoms with Gasteiger partial charge in [0.25, 0.3) is 0 Å². The molecule has 0 bridgehead atoms. The molecule has 0 fully saturated rings. The molecule has 0 heterocycles. The van der Waals surface area contributed by atoms with Crippen LogP contribution >= 0.6 is 0 Å². The molecule has 1 unspecified atom stereocenters. The zero-order chi connectivity index (χ0) is 11.3. The van der Waals surface area contributed by atoms with Gasteiger partial charge in [0, 0.05) is 0 Å². The highest BCUT2D eigenvalue weighted by atomic mass is 16.3. The molecule has 1 rings (SSSR count). The van der Waals surface area contributed by atoms with Crippen molar-refractivity contribution in [3.63, 3.8) is 0 Å². The summed E-state index contributed by atoms with van der Waals surface area (Å²) in [4.78, 5) is 0. The van der Waals surface area contributed by atoms with E-state index in [1.807, 2.05) is 6.92 Å². The first-order chi connectivity index (χ1) is 7.13. The number of benzene rings is 1. The molecule has 0 radical (unpaired) electrons. The normalized spacial score (nSPS) is 13.1. The van der Waals surface area contributed by atoms with Crippen LogP contribution in [0.15, 0.2) is 24.3 Å². The van der Waals surface area contributed by atoms with Crippen LogP contribution in [0.3, 0.4) is 0 Å². The van der Waals surface area contributed by atoms with Gasteiger partial charge in [-0.15, -0.1) is 0 Å². The molecular formula is C14H22O. The van der Waals surface area contributed by atoms with Gasteiger partial charge in [0.2, 0.25) is 0 Å². The summed E-state index contributed by atoms with van der Waals surface area (Å²) < 4.78 is 0. The van der Waals surface area contributed by atoms with E-state index in [0.717, 1.165) is 19.3 Å². The van der Waals surface area contributed by atoms with Gasteiger partial charge in [0.1, 0.15) is 0 Å². The van der Waals surface area contributed by atoms with Crippen LogP contribution in [-0.4, -0.2) is 11.2 Å². The molecule has 84 valence electrons. The summed E-state index contributed by atoms with van der Waals surface area (Å²) in [6, 6.07) is 8.74. The van der Waals surface area contributed by atoms with Crippen LogP contribution in [0.2, 0.25) is 0 Å². The number of aliphatic hydroxyl groups excluding tert-OH is 1. The average molecular weight is 206 g/mol. The summed E-state index contributed by atoms with van der Waals surface area (Å²) >= 11 is 0. The maximum atomic E-state index is 9.46. The standard InChI is InChI=1S/C14H22O/c1-4-14(15)10-7-12-5-8-13(9-6-12)11(2)3/h5-6,8-9,11,14-15H,4,7,10H2,1-3H3. The van der Waals surface area contributed by atoms with Crippen LogP contribution in [0.5, 0.6) is 0 Å². The van der Waals surface area contributed by atoms with Gasteiger partial charge in [-0.3, -0.25) is 0 Å². The van der Waals surface area contributed by atoms with Gasteiger partial charge >= 0.3 is 0 Å². The highest BCUT2D eigenvalue weighted by Crippen LogP contribution is 2.16. The zero-order valence-electron chi connectivity index (χ0n) is 10.0. The molecule has 0 saturated heterocycles. The highest BCUT2D eigenvalue weighted by Gasteiger charge is 2.02. The average Bonchev–Trinajstić information content (AvgIpc) is 2.26. The van der Waals surface area contributed by atoms with Crippen molar-refractivity contribution in [3.8, 4) is 0 Å². The van der Waals surface area contributed by atoms with Crippen LogP contribution in [0.4, 0.5) is 0 Å². The molecule has 0 aliphatic carbocycles. The Balaban J connectivity index is 2.50. The Hall–Kier alpha value is -0.820. The second-order valence-corrected chi connectivity index (χ2v) is 4.50. The zero-order valence-corrected chi connectivity index (χ0v) is 10.0. The molecule has 0 saturated carbocycles. The first kappa shape index (κ1) is 12.3. The predicted molar refractivity (Wildman–Crippen MR) is 65.1 cm³/mol. The molecule has 0 spiro atoms. The number of hydrogen-bond donors (Lipinski definition) is 1. The van der Waals surface area contributed by atoms with Crippen LogP contribution < -0.4 is 0 Å². The molecule has 0 aliphatic rings. The highest BCUT2D eigenvalue weighted by molar-refractivity contribution is 5.24. The SMILES string of the molecule is CCC(O)CCc1ccc(C(C)C)cc1. The van der Waals surface area contributed by atoms with E-state index in [4.69, 9.17) is 0 Å². The molecule has 15 heavy (non-hydrogen) atoms. The Morgan fingerprint density at radius 1 is 1.13 bits per heavy atom. The quantitative estimate of drug-likeness (QED) is 0.781. The fraction of sp³-hybridized carbons (Fsp3) is 0.571. The summed E-state index contributed by atoms with van der Waals surface area (Å²) in [7, 11) is 0. The minimum atomic E-state index is -0.144. The Morgan fingerprint density at radius 3 is 2.20 bits per heavy atom. The van der Waals surface area contributed by atoms with Gasteiger partial charge in [-0.2, -0.15) is 0 Å². The van der Waals surface area contributed by atoms with E-state index in [1.54, 1.807) is 0 Å². The maximum absolute atomic E-state index is 9.46. The van der Waals surface area contributed by atoms with Gasteiger partial charge in [0.05, 0.1) is 6.10 Å². The topological polar surface area (TPSA) is 20.2 Å². The number of rotatable bonds is 5.